The molecule has 0 radical (unpaired) electrons. The minimum atomic E-state index is -0.833. The van der Waals surface area contributed by atoms with Gasteiger partial charge in [-0.3, -0.25) is 9.59 Å². The third kappa shape index (κ3) is 6.03. The fourth-order valence-corrected chi connectivity index (χ4v) is 1.66. The summed E-state index contributed by atoms with van der Waals surface area (Å²) in [6.07, 6.45) is 1.69. The highest BCUT2D eigenvalue weighted by atomic mass is 16.4. The van der Waals surface area contributed by atoms with Gasteiger partial charge in [-0.1, -0.05) is 30.3 Å². The van der Waals surface area contributed by atoms with Gasteiger partial charge in [0.25, 0.3) is 0 Å². The Hall–Kier alpha value is -1.84. The summed E-state index contributed by atoms with van der Waals surface area (Å²) in [6, 6.07) is 9.72. The maximum atomic E-state index is 11.6. The molecule has 0 bridgehead atoms. The minimum Gasteiger partial charge on any atom is -0.481 e. The molecule has 1 aromatic rings. The highest BCUT2D eigenvalue weighted by Crippen LogP contribution is 2.03. The average Bonchev–Trinajstić information content (AvgIpc) is 2.35. The zero-order valence-corrected chi connectivity index (χ0v) is 10.6. The Kier molecular flexibility index (Phi) is 5.91. The third-order valence-electron chi connectivity index (χ3n) is 2.68. The van der Waals surface area contributed by atoms with Crippen LogP contribution < -0.4 is 5.32 Å². The second kappa shape index (κ2) is 7.48. The predicted octanol–water partition coefficient (Wildman–Crippen LogP) is 1.99. The first kappa shape index (κ1) is 14.2. The summed E-state index contributed by atoms with van der Waals surface area (Å²) in [7, 11) is 0. The molecule has 4 heteroatoms. The number of carboxylic acid groups (broad SMARTS) is 1. The van der Waals surface area contributed by atoms with Gasteiger partial charge in [-0.25, -0.2) is 0 Å². The molecule has 1 rings (SSSR count). The number of carboxylic acids is 1. The van der Waals surface area contributed by atoms with Gasteiger partial charge in [0.15, 0.2) is 0 Å². The molecular weight excluding hydrogens is 230 g/mol. The van der Waals surface area contributed by atoms with E-state index < -0.39 is 5.97 Å². The van der Waals surface area contributed by atoms with Crippen LogP contribution in [0.4, 0.5) is 0 Å². The van der Waals surface area contributed by atoms with Crippen LogP contribution in [0.25, 0.3) is 0 Å². The van der Waals surface area contributed by atoms with Gasteiger partial charge in [0.05, 0.1) is 0 Å². The number of carbonyl (C=O) groups excluding carboxylic acids is 1. The number of nitrogens with one attached hydrogen (secondary N) is 1. The lowest BCUT2D eigenvalue weighted by atomic mass is 10.1. The van der Waals surface area contributed by atoms with Crippen molar-refractivity contribution < 1.29 is 14.7 Å². The van der Waals surface area contributed by atoms with Gasteiger partial charge < -0.3 is 10.4 Å². The molecule has 0 saturated heterocycles. The van der Waals surface area contributed by atoms with Crippen LogP contribution >= 0.6 is 0 Å². The van der Waals surface area contributed by atoms with Crippen molar-refractivity contribution in [3.8, 4) is 0 Å². The van der Waals surface area contributed by atoms with Crippen molar-refractivity contribution in [2.75, 3.05) is 0 Å². The van der Waals surface area contributed by atoms with E-state index in [2.05, 4.69) is 5.32 Å². The van der Waals surface area contributed by atoms with Gasteiger partial charge >= 0.3 is 5.97 Å². The van der Waals surface area contributed by atoms with E-state index in [9.17, 15) is 9.59 Å². The van der Waals surface area contributed by atoms with Crippen LogP contribution in [-0.4, -0.2) is 23.0 Å². The lowest BCUT2D eigenvalue weighted by Crippen LogP contribution is -2.33. The second-order valence-corrected chi connectivity index (χ2v) is 4.39. The number of aliphatic carboxylic acids is 1. The highest BCUT2D eigenvalue weighted by molar-refractivity contribution is 5.76. The summed E-state index contributed by atoms with van der Waals surface area (Å²) in [5, 5.41) is 11.3. The number of benzene rings is 1. The van der Waals surface area contributed by atoms with Crippen LogP contribution in [0.15, 0.2) is 30.3 Å². The normalized spacial score (nSPS) is 11.8. The summed E-state index contributed by atoms with van der Waals surface area (Å²) in [5.41, 5.74) is 1.13. The molecule has 1 amide bonds. The Labute approximate surface area is 107 Å². The van der Waals surface area contributed by atoms with Crippen LogP contribution in [0.2, 0.25) is 0 Å². The molecule has 1 unspecified atom stereocenters. The second-order valence-electron chi connectivity index (χ2n) is 4.39. The SMILES string of the molecule is CC(CCC(=O)O)NC(=O)CCc1ccccc1. The van der Waals surface area contributed by atoms with Crippen LogP contribution in [0.3, 0.4) is 0 Å². The molecule has 4 nitrogen and oxygen atoms in total. The first-order valence-electron chi connectivity index (χ1n) is 6.13. The van der Waals surface area contributed by atoms with Crippen LogP contribution in [-0.2, 0) is 16.0 Å². The predicted molar refractivity (Wildman–Crippen MR) is 69.2 cm³/mol. The summed E-state index contributed by atoms with van der Waals surface area (Å²) < 4.78 is 0. The van der Waals surface area contributed by atoms with Crippen LogP contribution in [0.1, 0.15) is 31.7 Å². The Morgan fingerprint density at radius 2 is 1.89 bits per heavy atom. The molecule has 0 fully saturated rings. The molecule has 1 aromatic carbocycles. The Morgan fingerprint density at radius 3 is 2.50 bits per heavy atom. The quantitative estimate of drug-likeness (QED) is 0.776. The fourth-order valence-electron chi connectivity index (χ4n) is 1.66. The van der Waals surface area contributed by atoms with E-state index in [-0.39, 0.29) is 18.4 Å². The molecule has 2 N–H and O–H groups in total. The number of hydrogen-bond acceptors (Lipinski definition) is 2. The standard InChI is InChI=1S/C14H19NO3/c1-11(7-10-14(17)18)15-13(16)9-8-12-5-3-2-4-6-12/h2-6,11H,7-10H2,1H3,(H,15,16)(H,17,18). The molecule has 18 heavy (non-hydrogen) atoms. The Balaban J connectivity index is 2.23. The molecule has 0 aliphatic rings. The van der Waals surface area contributed by atoms with E-state index in [1.807, 2.05) is 37.3 Å². The van der Waals surface area contributed by atoms with Crippen molar-refractivity contribution in [3.63, 3.8) is 0 Å². The number of rotatable bonds is 7. The van der Waals surface area contributed by atoms with Crippen molar-refractivity contribution >= 4 is 11.9 Å². The van der Waals surface area contributed by atoms with E-state index in [0.29, 0.717) is 19.3 Å². The van der Waals surface area contributed by atoms with Gasteiger partial charge in [-0.15, -0.1) is 0 Å². The van der Waals surface area contributed by atoms with Gasteiger partial charge in [0.2, 0.25) is 5.91 Å². The zero-order chi connectivity index (χ0) is 13.4. The van der Waals surface area contributed by atoms with Gasteiger partial charge in [0.1, 0.15) is 0 Å². The monoisotopic (exact) mass is 249 g/mol. The number of hydrogen-bond donors (Lipinski definition) is 2. The van der Waals surface area contributed by atoms with Gasteiger partial charge in [-0.2, -0.15) is 0 Å². The number of carbonyl (C=O) groups is 2. The zero-order valence-electron chi connectivity index (χ0n) is 10.6. The van der Waals surface area contributed by atoms with E-state index >= 15 is 0 Å². The number of amides is 1. The number of aryl methyl sites for hydroxylation is 1. The first-order chi connectivity index (χ1) is 8.58. The van der Waals surface area contributed by atoms with Crippen molar-refractivity contribution in [3.05, 3.63) is 35.9 Å². The molecule has 0 aliphatic carbocycles. The average molecular weight is 249 g/mol. The maximum Gasteiger partial charge on any atom is 0.303 e. The van der Waals surface area contributed by atoms with E-state index in [4.69, 9.17) is 5.11 Å². The summed E-state index contributed by atoms with van der Waals surface area (Å²) >= 11 is 0. The van der Waals surface area contributed by atoms with Crippen molar-refractivity contribution in [2.45, 2.75) is 38.6 Å². The molecule has 0 aliphatic heterocycles. The van der Waals surface area contributed by atoms with E-state index in [0.717, 1.165) is 5.56 Å². The fraction of sp³-hybridized carbons (Fsp3) is 0.429. The third-order valence-corrected chi connectivity index (χ3v) is 2.68. The smallest absolute Gasteiger partial charge is 0.303 e. The van der Waals surface area contributed by atoms with Gasteiger partial charge in [-0.05, 0) is 25.3 Å². The first-order valence-corrected chi connectivity index (χ1v) is 6.13. The molecular formula is C14H19NO3. The minimum absolute atomic E-state index is 0.0308. The van der Waals surface area contributed by atoms with Crippen LogP contribution in [0.5, 0.6) is 0 Å². The van der Waals surface area contributed by atoms with E-state index in [1.54, 1.807) is 0 Å². The topological polar surface area (TPSA) is 66.4 Å². The molecule has 98 valence electrons. The highest BCUT2D eigenvalue weighted by Gasteiger charge is 2.09. The van der Waals surface area contributed by atoms with Gasteiger partial charge in [0, 0.05) is 18.9 Å². The lowest BCUT2D eigenvalue weighted by molar-refractivity contribution is -0.137. The molecule has 0 aromatic heterocycles. The van der Waals surface area contributed by atoms with E-state index in [1.165, 1.54) is 0 Å². The molecule has 0 spiro atoms. The molecule has 1 atom stereocenters. The summed E-state index contributed by atoms with van der Waals surface area (Å²) in [5.74, 6) is -0.864. The Bertz CT molecular complexity index is 389. The van der Waals surface area contributed by atoms with Crippen molar-refractivity contribution in [1.82, 2.24) is 5.32 Å². The largest absolute Gasteiger partial charge is 0.481 e. The lowest BCUT2D eigenvalue weighted by Gasteiger charge is -2.12. The van der Waals surface area contributed by atoms with Crippen LogP contribution in [0, 0.1) is 0 Å². The maximum absolute atomic E-state index is 11.6. The van der Waals surface area contributed by atoms with Crippen molar-refractivity contribution in [1.29, 1.82) is 0 Å². The molecule has 0 heterocycles. The Morgan fingerprint density at radius 1 is 1.22 bits per heavy atom. The summed E-state index contributed by atoms with van der Waals surface area (Å²) in [6.45, 7) is 1.82. The molecule has 0 saturated carbocycles. The summed E-state index contributed by atoms with van der Waals surface area (Å²) in [4.78, 5) is 22.0. The van der Waals surface area contributed by atoms with Crippen molar-refractivity contribution in [2.24, 2.45) is 0 Å².